The summed E-state index contributed by atoms with van der Waals surface area (Å²) in [7, 11) is 0. The van der Waals surface area contributed by atoms with Crippen LogP contribution in [0.4, 0.5) is 29.3 Å². The summed E-state index contributed by atoms with van der Waals surface area (Å²) in [6.45, 7) is 4.07. The molecule has 3 N–H and O–H groups in total. The van der Waals surface area contributed by atoms with Crippen molar-refractivity contribution in [3.05, 3.63) is 89.0 Å². The number of carbonyl (C=O) groups excluding carboxylic acids is 2. The zero-order valence-electron chi connectivity index (χ0n) is 26.0. The fourth-order valence-corrected chi connectivity index (χ4v) is 6.50. The fraction of sp³-hybridized carbons (Fsp3) is 0.324. The van der Waals surface area contributed by atoms with E-state index in [0.717, 1.165) is 54.5 Å². The molecule has 1 aliphatic heterocycles. The largest absolute Gasteiger partial charge is 0.573 e. The molecular formula is C34H35F3N6O3S. The molecule has 2 aliphatic rings. The van der Waals surface area contributed by atoms with E-state index in [1.807, 2.05) is 49.4 Å². The van der Waals surface area contributed by atoms with Gasteiger partial charge in [-0.1, -0.05) is 61.5 Å². The first kappa shape index (κ1) is 33.7. The average Bonchev–Trinajstić information content (AvgIpc) is 3.64. The molecule has 1 saturated carbocycles. The van der Waals surface area contributed by atoms with Crippen molar-refractivity contribution < 1.29 is 27.5 Å². The Morgan fingerprint density at radius 2 is 1.85 bits per heavy atom. The van der Waals surface area contributed by atoms with E-state index in [2.05, 4.69) is 32.0 Å². The number of halogens is 3. The summed E-state index contributed by atoms with van der Waals surface area (Å²) in [5.74, 6) is 0.302. The summed E-state index contributed by atoms with van der Waals surface area (Å²) in [5.41, 5.74) is 11.2. The Kier molecular flexibility index (Phi) is 10.6. The van der Waals surface area contributed by atoms with Gasteiger partial charge in [0, 0.05) is 11.6 Å². The third-order valence-corrected chi connectivity index (χ3v) is 8.80. The molecule has 2 fully saturated rings. The Morgan fingerprint density at radius 3 is 2.55 bits per heavy atom. The quantitative estimate of drug-likeness (QED) is 0.183. The van der Waals surface area contributed by atoms with Gasteiger partial charge in [0.25, 0.3) is 0 Å². The van der Waals surface area contributed by atoms with Gasteiger partial charge in [0.05, 0.1) is 17.1 Å². The number of amidine groups is 2. The summed E-state index contributed by atoms with van der Waals surface area (Å²) < 4.78 is 40.8. The van der Waals surface area contributed by atoms with Crippen LogP contribution in [0.25, 0.3) is 0 Å². The summed E-state index contributed by atoms with van der Waals surface area (Å²) >= 11 is 1.28. The fourth-order valence-electron chi connectivity index (χ4n) is 5.65. The molecule has 47 heavy (non-hydrogen) atoms. The standard InChI is InChI=1S/C34H35F3N6O3S/c1-3-4-23-6-5-21(2)17-29(23)43-30(44)19-47-33(43)42-32(45)41-27-12-11-25(18-27)22-7-9-24(10-8-22)31(38)40-20-39-26-13-15-28(16-14-26)46-34(35,36)37/h5-10,13-17,20,25,27H,3-4,11-12,18-19H2,1-2H3,(H,41,45)(H2,38,39,40)/b42-33-. The Morgan fingerprint density at radius 1 is 1.11 bits per heavy atom. The molecule has 2 atom stereocenters. The second kappa shape index (κ2) is 14.8. The number of hydrogen-bond donors (Lipinski definition) is 2. The van der Waals surface area contributed by atoms with E-state index in [4.69, 9.17) is 5.73 Å². The summed E-state index contributed by atoms with van der Waals surface area (Å²) in [4.78, 5) is 40.0. The summed E-state index contributed by atoms with van der Waals surface area (Å²) in [5, 5.41) is 3.44. The monoisotopic (exact) mass is 664 g/mol. The first-order valence-electron chi connectivity index (χ1n) is 15.3. The molecule has 9 nitrogen and oxygen atoms in total. The maximum atomic E-state index is 13.0. The molecular weight excluding hydrogens is 629 g/mol. The van der Waals surface area contributed by atoms with E-state index in [1.165, 1.54) is 42.4 Å². The minimum atomic E-state index is -4.76. The highest BCUT2D eigenvalue weighted by atomic mass is 32.2. The zero-order valence-corrected chi connectivity index (χ0v) is 26.8. The highest BCUT2D eigenvalue weighted by Crippen LogP contribution is 2.35. The molecule has 5 rings (SSSR count). The maximum absolute atomic E-state index is 13.0. The number of aryl methyl sites for hydroxylation is 2. The molecule has 3 amide bonds. The number of amides is 3. The molecule has 0 aromatic heterocycles. The van der Waals surface area contributed by atoms with Crippen LogP contribution in [0, 0.1) is 6.92 Å². The van der Waals surface area contributed by atoms with Crippen molar-refractivity contribution in [2.24, 2.45) is 20.7 Å². The minimum Gasteiger partial charge on any atom is -0.406 e. The lowest BCUT2D eigenvalue weighted by molar-refractivity contribution is -0.274. The first-order valence-corrected chi connectivity index (χ1v) is 16.2. The first-order chi connectivity index (χ1) is 22.5. The number of aliphatic imine (C=N–C) groups is 3. The van der Waals surface area contributed by atoms with Crippen LogP contribution in [0.2, 0.25) is 0 Å². The number of nitrogens with two attached hydrogens (primary N) is 1. The molecule has 0 bridgehead atoms. The molecule has 3 aromatic rings. The Bertz CT molecular complexity index is 1690. The van der Waals surface area contributed by atoms with Gasteiger partial charge in [-0.3, -0.25) is 9.69 Å². The number of alkyl halides is 3. The molecule has 3 aromatic carbocycles. The number of urea groups is 1. The van der Waals surface area contributed by atoms with E-state index in [0.29, 0.717) is 16.4 Å². The zero-order chi connectivity index (χ0) is 33.6. The number of ether oxygens (including phenoxy) is 1. The maximum Gasteiger partial charge on any atom is 0.573 e. The Balaban J connectivity index is 1.16. The molecule has 1 saturated heterocycles. The van der Waals surface area contributed by atoms with Gasteiger partial charge >= 0.3 is 12.4 Å². The molecule has 0 spiro atoms. The number of nitrogens with zero attached hydrogens (tertiary/aromatic N) is 4. The lowest BCUT2D eigenvalue weighted by Crippen LogP contribution is -2.34. The van der Waals surface area contributed by atoms with Crippen LogP contribution in [0.5, 0.6) is 5.75 Å². The van der Waals surface area contributed by atoms with Gasteiger partial charge in [0.2, 0.25) is 5.91 Å². The molecule has 246 valence electrons. The van der Waals surface area contributed by atoms with E-state index in [-0.39, 0.29) is 35.2 Å². The average molecular weight is 665 g/mol. The normalized spacial score (nSPS) is 19.6. The van der Waals surface area contributed by atoms with Crippen LogP contribution in [-0.2, 0) is 11.2 Å². The minimum absolute atomic E-state index is 0.0429. The summed E-state index contributed by atoms with van der Waals surface area (Å²) in [6, 6.07) is 18.3. The molecule has 1 aliphatic carbocycles. The van der Waals surface area contributed by atoms with Gasteiger partial charge in [-0.2, -0.15) is 4.99 Å². The van der Waals surface area contributed by atoms with E-state index < -0.39 is 12.4 Å². The van der Waals surface area contributed by atoms with Crippen LogP contribution >= 0.6 is 11.8 Å². The van der Waals surface area contributed by atoms with Gasteiger partial charge < -0.3 is 15.8 Å². The van der Waals surface area contributed by atoms with Crippen molar-refractivity contribution in [2.75, 3.05) is 10.7 Å². The molecule has 13 heteroatoms. The lowest BCUT2D eigenvalue weighted by atomic mass is 9.96. The van der Waals surface area contributed by atoms with Gasteiger partial charge in [-0.05, 0) is 85.5 Å². The van der Waals surface area contributed by atoms with Gasteiger partial charge in [-0.25, -0.2) is 14.8 Å². The number of hydrogen-bond acceptors (Lipinski definition) is 5. The highest BCUT2D eigenvalue weighted by molar-refractivity contribution is 8.15. The van der Waals surface area contributed by atoms with Crippen LogP contribution in [0.3, 0.4) is 0 Å². The van der Waals surface area contributed by atoms with Gasteiger partial charge in [-0.15, -0.1) is 13.2 Å². The van der Waals surface area contributed by atoms with Crippen LogP contribution in [0.15, 0.2) is 81.7 Å². The highest BCUT2D eigenvalue weighted by Gasteiger charge is 2.33. The second-order valence-corrected chi connectivity index (χ2v) is 12.3. The van der Waals surface area contributed by atoms with E-state index in [9.17, 15) is 22.8 Å². The predicted molar refractivity (Wildman–Crippen MR) is 180 cm³/mol. The number of nitrogens with one attached hydrogen (secondary N) is 1. The Hall–Kier alpha value is -4.65. The van der Waals surface area contributed by atoms with Gasteiger partial charge in [0.15, 0.2) is 5.17 Å². The number of anilines is 1. The predicted octanol–water partition coefficient (Wildman–Crippen LogP) is 7.39. The number of thioether (sulfide) groups is 1. The topological polar surface area (TPSA) is 122 Å². The summed E-state index contributed by atoms with van der Waals surface area (Å²) in [6.07, 6.45) is 0.701. The van der Waals surface area contributed by atoms with Crippen molar-refractivity contribution >= 4 is 52.4 Å². The number of carbonyl (C=O) groups is 2. The van der Waals surface area contributed by atoms with E-state index in [1.54, 1.807) is 4.90 Å². The van der Waals surface area contributed by atoms with Crippen molar-refractivity contribution in [2.45, 2.75) is 64.3 Å². The molecule has 2 unspecified atom stereocenters. The number of rotatable bonds is 9. The van der Waals surface area contributed by atoms with Crippen molar-refractivity contribution in [1.82, 2.24) is 5.32 Å². The van der Waals surface area contributed by atoms with Crippen LogP contribution < -0.4 is 20.7 Å². The van der Waals surface area contributed by atoms with Crippen LogP contribution in [0.1, 0.15) is 60.8 Å². The van der Waals surface area contributed by atoms with Crippen molar-refractivity contribution in [3.63, 3.8) is 0 Å². The van der Waals surface area contributed by atoms with Crippen molar-refractivity contribution in [1.29, 1.82) is 0 Å². The van der Waals surface area contributed by atoms with Gasteiger partial charge in [0.1, 0.15) is 17.9 Å². The third kappa shape index (κ3) is 9.00. The number of benzene rings is 3. The molecule has 0 radical (unpaired) electrons. The molecule has 1 heterocycles. The Labute approximate surface area is 275 Å². The van der Waals surface area contributed by atoms with Crippen LogP contribution in [-0.4, -0.2) is 47.4 Å². The second-order valence-electron chi connectivity index (χ2n) is 11.4. The van der Waals surface area contributed by atoms with Crippen molar-refractivity contribution in [3.8, 4) is 5.75 Å². The smallest absolute Gasteiger partial charge is 0.406 e. The SMILES string of the molecule is CCCc1ccc(C)cc1N1C(=O)CS/C1=N\C(=O)NC1CCC(c2ccc(C(N)=NC=Nc3ccc(OC(F)(F)F)cc3)cc2)C1. The third-order valence-electron chi connectivity index (χ3n) is 7.88. The lowest BCUT2D eigenvalue weighted by Gasteiger charge is -2.20. The van der Waals surface area contributed by atoms with E-state index >= 15 is 0 Å².